The highest BCUT2D eigenvalue weighted by molar-refractivity contribution is 7.80. The molecule has 55 heavy (non-hydrogen) atoms. The van der Waals surface area contributed by atoms with Crippen molar-refractivity contribution in [3.8, 4) is 0 Å². The molecule has 0 heterocycles. The van der Waals surface area contributed by atoms with E-state index in [1.54, 1.807) is 0 Å². The van der Waals surface area contributed by atoms with Crippen LogP contribution in [0.5, 0.6) is 0 Å². The predicted molar refractivity (Wildman–Crippen MR) is 130 cm³/mol. The monoisotopic (exact) mass is 874 g/mol. The van der Waals surface area contributed by atoms with E-state index >= 15 is 0 Å². The van der Waals surface area contributed by atoms with Gasteiger partial charge in [-0.25, -0.2) is 0 Å². The second-order valence-corrected chi connectivity index (χ2v) is 12.6. The van der Waals surface area contributed by atoms with Crippen LogP contribution in [0.2, 0.25) is 0 Å². The second-order valence-electron chi connectivity index (χ2n) is 10.5. The number of rotatable bonds is 3. The van der Waals surface area contributed by atoms with Crippen molar-refractivity contribution in [2.75, 3.05) is 0 Å². The van der Waals surface area contributed by atoms with Gasteiger partial charge in [0.25, 0.3) is 0 Å². The van der Waals surface area contributed by atoms with Crippen LogP contribution < -0.4 is 15.9 Å². The minimum absolute atomic E-state index is 1.08. The third-order valence-electron chi connectivity index (χ3n) is 6.89. The third-order valence-corrected chi connectivity index (χ3v) is 9.45. The molecule has 0 unspecified atom stereocenters. The first kappa shape index (κ1) is 45.6. The van der Waals surface area contributed by atoms with Crippen molar-refractivity contribution in [3.05, 3.63) is 86.5 Å². The molecule has 0 nitrogen and oxygen atoms in total. The maximum absolute atomic E-state index is 14.5. The van der Waals surface area contributed by atoms with Crippen LogP contribution in [0.1, 0.15) is 50.1 Å². The Labute approximate surface area is 285 Å². The standard InChI is InChI=1S/C27H6F27P/c28-19(29,30)7-1-4-10(16(25(46,47)48)13(7)22(37,38)39)55(11-5-2-8(20(31,32)33)14(23(40,41)42)17(11)26(49,50)51)12-6-3-9(21(34,35)36)15(24(43,44)45)18(12)27(52,53)54/h1-6H. The summed E-state index contributed by atoms with van der Waals surface area (Å²) >= 11 is 0. The molecule has 0 aliphatic rings. The number of halogens is 27. The van der Waals surface area contributed by atoms with Crippen molar-refractivity contribution in [1.82, 2.24) is 0 Å². The van der Waals surface area contributed by atoms with Crippen LogP contribution in [0.25, 0.3) is 0 Å². The Bertz CT molecular complexity index is 1690. The predicted octanol–water partition coefficient (Wildman–Crippen LogP) is 12.6. The number of benzene rings is 3. The maximum Gasteiger partial charge on any atom is 0.417 e. The van der Waals surface area contributed by atoms with Gasteiger partial charge in [0, 0.05) is 0 Å². The fourth-order valence-electron chi connectivity index (χ4n) is 5.18. The molecule has 28 heteroatoms. The zero-order valence-corrected chi connectivity index (χ0v) is 25.5. The van der Waals surface area contributed by atoms with Crippen molar-refractivity contribution < 1.29 is 119 Å². The second kappa shape index (κ2) is 13.4. The van der Waals surface area contributed by atoms with Gasteiger partial charge in [0.1, 0.15) is 0 Å². The summed E-state index contributed by atoms with van der Waals surface area (Å²) < 4.78 is 380. The van der Waals surface area contributed by atoms with Crippen LogP contribution in [0.3, 0.4) is 0 Å². The molecule has 0 aliphatic heterocycles. The summed E-state index contributed by atoms with van der Waals surface area (Å²) in [5.74, 6) is 0. The largest absolute Gasteiger partial charge is 0.417 e. The van der Waals surface area contributed by atoms with E-state index in [2.05, 4.69) is 0 Å². The van der Waals surface area contributed by atoms with Crippen LogP contribution in [-0.4, -0.2) is 0 Å². The SMILES string of the molecule is FC(F)(F)c1ccc(P(c2ccc(C(F)(F)F)c(C(F)(F)F)c2C(F)(F)F)c2ccc(C(F)(F)F)c(C(F)(F)F)c2C(F)(F)F)c(C(F)(F)F)c1C(F)(F)F. The van der Waals surface area contributed by atoms with Crippen molar-refractivity contribution in [3.63, 3.8) is 0 Å². The molecule has 0 amide bonds. The fourth-order valence-corrected chi connectivity index (χ4v) is 8.01. The summed E-state index contributed by atoms with van der Waals surface area (Å²) in [6.45, 7) is 0. The number of hydrogen-bond acceptors (Lipinski definition) is 0. The molecular formula is C27H6F27P. The first-order chi connectivity index (χ1) is 24.0. The van der Waals surface area contributed by atoms with E-state index in [4.69, 9.17) is 0 Å². The Morgan fingerprint density at radius 3 is 0.509 bits per heavy atom. The molecule has 308 valence electrons. The van der Waals surface area contributed by atoms with Crippen LogP contribution >= 0.6 is 7.92 Å². The topological polar surface area (TPSA) is 0 Å². The summed E-state index contributed by atoms with van der Waals surface area (Å²) in [5.41, 5.74) is -34.8. The molecule has 0 aliphatic carbocycles. The molecule has 0 aromatic heterocycles. The first-order valence-corrected chi connectivity index (χ1v) is 14.3. The lowest BCUT2D eigenvalue weighted by Gasteiger charge is -2.33. The lowest BCUT2D eigenvalue weighted by molar-refractivity contribution is -0.174. The van der Waals surface area contributed by atoms with E-state index in [-0.39, 0.29) is 0 Å². The third kappa shape index (κ3) is 9.10. The molecule has 0 bridgehead atoms. The van der Waals surface area contributed by atoms with E-state index in [1.165, 1.54) is 0 Å². The van der Waals surface area contributed by atoms with Crippen LogP contribution in [-0.2, 0) is 55.6 Å². The van der Waals surface area contributed by atoms with Gasteiger partial charge >= 0.3 is 55.6 Å². The molecule has 0 radical (unpaired) electrons. The van der Waals surface area contributed by atoms with Gasteiger partial charge in [-0.3, -0.25) is 0 Å². The lowest BCUT2D eigenvalue weighted by Crippen LogP contribution is -2.39. The molecule has 0 spiro atoms. The lowest BCUT2D eigenvalue weighted by atomic mass is 9.98. The fraction of sp³-hybridized carbons (Fsp3) is 0.333. The van der Waals surface area contributed by atoms with Gasteiger partial charge < -0.3 is 0 Å². The van der Waals surface area contributed by atoms with Gasteiger partial charge in [-0.15, -0.1) is 0 Å². The van der Waals surface area contributed by atoms with Crippen molar-refractivity contribution >= 4 is 23.8 Å². The first-order valence-electron chi connectivity index (χ1n) is 13.0. The normalized spacial score (nSPS) is 14.6. The van der Waals surface area contributed by atoms with E-state index < -0.39 is 166 Å². The molecule has 3 aromatic carbocycles. The van der Waals surface area contributed by atoms with Crippen LogP contribution in [0.15, 0.2) is 36.4 Å². The summed E-state index contributed by atoms with van der Waals surface area (Å²) in [6, 6.07) is -6.76. The zero-order valence-electron chi connectivity index (χ0n) is 24.6. The summed E-state index contributed by atoms with van der Waals surface area (Å²) in [4.78, 5) is 0. The smallest absolute Gasteiger partial charge is 0.166 e. The summed E-state index contributed by atoms with van der Waals surface area (Å²) in [5, 5.41) is -9.33. The number of hydrogen-bond donors (Lipinski definition) is 0. The molecule has 0 fully saturated rings. The number of alkyl halides is 27. The highest BCUT2D eigenvalue weighted by Gasteiger charge is 2.57. The van der Waals surface area contributed by atoms with E-state index in [9.17, 15) is 119 Å². The van der Waals surface area contributed by atoms with E-state index in [1.807, 2.05) is 0 Å². The van der Waals surface area contributed by atoms with E-state index in [0.717, 1.165) is 0 Å². The average molecular weight is 874 g/mol. The highest BCUT2D eigenvalue weighted by Crippen LogP contribution is 2.56. The Balaban J connectivity index is 3.04. The molecular weight excluding hydrogens is 868 g/mol. The van der Waals surface area contributed by atoms with Gasteiger partial charge in [0.15, 0.2) is 0 Å². The molecule has 0 saturated heterocycles. The van der Waals surface area contributed by atoms with Crippen molar-refractivity contribution in [1.29, 1.82) is 0 Å². The minimum atomic E-state index is -7.17. The molecule has 3 rings (SSSR count). The molecule has 0 atom stereocenters. The van der Waals surface area contributed by atoms with Gasteiger partial charge in [-0.2, -0.15) is 119 Å². The average Bonchev–Trinajstić information content (AvgIpc) is 2.91. The molecule has 0 N–H and O–H groups in total. The van der Waals surface area contributed by atoms with Crippen molar-refractivity contribution in [2.45, 2.75) is 55.6 Å². The van der Waals surface area contributed by atoms with Crippen LogP contribution in [0.4, 0.5) is 119 Å². The Kier molecular flexibility index (Phi) is 11.1. The van der Waals surface area contributed by atoms with Gasteiger partial charge in [-0.1, -0.05) is 18.2 Å². The van der Waals surface area contributed by atoms with E-state index in [0.29, 0.717) is 0 Å². The maximum atomic E-state index is 14.5. The Morgan fingerprint density at radius 1 is 0.218 bits per heavy atom. The highest BCUT2D eigenvalue weighted by atomic mass is 31.1. The Hall–Kier alpha value is -3.80. The summed E-state index contributed by atoms with van der Waals surface area (Å²) in [7, 11) is -5.80. The quantitative estimate of drug-likeness (QED) is 0.182. The van der Waals surface area contributed by atoms with Gasteiger partial charge in [0.05, 0.1) is 50.1 Å². The van der Waals surface area contributed by atoms with Crippen molar-refractivity contribution in [2.24, 2.45) is 0 Å². The van der Waals surface area contributed by atoms with Gasteiger partial charge in [0.2, 0.25) is 0 Å². The Morgan fingerprint density at radius 2 is 0.382 bits per heavy atom. The van der Waals surface area contributed by atoms with Gasteiger partial charge in [-0.05, 0) is 42.0 Å². The summed E-state index contributed by atoms with van der Waals surface area (Å²) in [6.07, 6.45) is -62.6. The molecule has 0 saturated carbocycles. The zero-order chi connectivity index (χ0) is 43.2. The molecule has 3 aromatic rings. The van der Waals surface area contributed by atoms with Crippen LogP contribution in [0, 0.1) is 0 Å². The minimum Gasteiger partial charge on any atom is -0.166 e.